The fourth-order valence-corrected chi connectivity index (χ4v) is 12.5. The average molecular weight is 1380 g/mol. The molecule has 0 saturated carbocycles. The van der Waals surface area contributed by atoms with Crippen LogP contribution in [0.5, 0.6) is 0 Å². The Labute approximate surface area is 573 Å². The highest BCUT2D eigenvalue weighted by molar-refractivity contribution is 7.47. The molecule has 17 nitrogen and oxygen atoms in total. The molecular formula is C75H142O17P2. The van der Waals surface area contributed by atoms with E-state index in [0.29, 0.717) is 25.7 Å². The lowest BCUT2D eigenvalue weighted by atomic mass is 9.99. The molecule has 0 fully saturated rings. The lowest BCUT2D eigenvalue weighted by Crippen LogP contribution is -2.30. The van der Waals surface area contributed by atoms with E-state index in [1.165, 1.54) is 173 Å². The Morgan fingerprint density at radius 3 is 0.904 bits per heavy atom. The van der Waals surface area contributed by atoms with E-state index in [-0.39, 0.29) is 25.7 Å². The fraction of sp³-hybridized carbons (Fsp3) is 0.893. The van der Waals surface area contributed by atoms with E-state index >= 15 is 0 Å². The van der Waals surface area contributed by atoms with Crippen molar-refractivity contribution < 1.29 is 80.2 Å². The number of carbonyl (C=O) groups is 4. The van der Waals surface area contributed by atoms with E-state index in [9.17, 15) is 43.2 Å². The number of hydrogen-bond donors (Lipinski definition) is 3. The van der Waals surface area contributed by atoms with Crippen LogP contribution in [-0.4, -0.2) is 96.7 Å². The third-order valence-electron chi connectivity index (χ3n) is 17.3. The molecule has 0 saturated heterocycles. The predicted octanol–water partition coefficient (Wildman–Crippen LogP) is 21.6. The van der Waals surface area contributed by atoms with E-state index in [2.05, 4.69) is 58.9 Å². The molecule has 3 unspecified atom stereocenters. The summed E-state index contributed by atoms with van der Waals surface area (Å²) in [4.78, 5) is 72.7. The van der Waals surface area contributed by atoms with E-state index in [1.54, 1.807) is 0 Å². The van der Waals surface area contributed by atoms with Crippen LogP contribution in [0.3, 0.4) is 0 Å². The van der Waals surface area contributed by atoms with Crippen LogP contribution in [-0.2, 0) is 65.4 Å². The minimum Gasteiger partial charge on any atom is -0.462 e. The lowest BCUT2D eigenvalue weighted by Gasteiger charge is -2.21. The third-order valence-corrected chi connectivity index (χ3v) is 19.2. The lowest BCUT2D eigenvalue weighted by molar-refractivity contribution is -0.161. The van der Waals surface area contributed by atoms with Gasteiger partial charge in [-0.2, -0.15) is 0 Å². The largest absolute Gasteiger partial charge is 0.472 e. The zero-order chi connectivity index (χ0) is 69.1. The molecule has 0 bridgehead atoms. The summed E-state index contributed by atoms with van der Waals surface area (Å²) < 4.78 is 68.4. The molecule has 554 valence electrons. The van der Waals surface area contributed by atoms with Crippen LogP contribution in [0.1, 0.15) is 369 Å². The van der Waals surface area contributed by atoms with Crippen molar-refractivity contribution >= 4 is 39.5 Å². The highest BCUT2D eigenvalue weighted by Gasteiger charge is 2.30. The maximum atomic E-state index is 13.1. The summed E-state index contributed by atoms with van der Waals surface area (Å²) in [6, 6.07) is 0. The number of phosphoric acid groups is 2. The standard InChI is InChI=1S/C75H142O17P2/c1-6-10-13-16-19-22-24-26-28-29-30-32-34-36-39-45-50-55-60-74(79)91-70(65-86-73(78)59-54-49-44-38-35-33-31-27-25-23-20-17-14-11-7-2)66-89-93(81,82)87-62-69(76)63-88-94(83,84)90-67-71(64-85-72(77)58-53-48-43-37-21-18-15-12-8-3)92-75(80)61-56-51-46-41-40-42-47-52-57-68(5)9-4/h23,25,27,31,68-71,76H,6-22,24,26,28-30,32-67H2,1-5H3,(H,81,82)(H,83,84)/b25-23-,31-27-/t68?,69-,70-,71-/m1/s1. The van der Waals surface area contributed by atoms with Crippen molar-refractivity contribution in [3.05, 3.63) is 24.3 Å². The van der Waals surface area contributed by atoms with Gasteiger partial charge in [0.15, 0.2) is 12.2 Å². The Morgan fingerprint density at radius 1 is 0.340 bits per heavy atom. The molecule has 3 N–H and O–H groups in total. The second-order valence-electron chi connectivity index (χ2n) is 26.6. The first kappa shape index (κ1) is 91.5. The van der Waals surface area contributed by atoms with Gasteiger partial charge in [0.1, 0.15) is 19.3 Å². The van der Waals surface area contributed by atoms with Gasteiger partial charge >= 0.3 is 39.5 Å². The van der Waals surface area contributed by atoms with Crippen LogP contribution >= 0.6 is 15.6 Å². The Hall–Kier alpha value is -2.46. The Kier molecular flexibility index (Phi) is 65.9. The molecular weight excluding hydrogens is 1230 g/mol. The summed E-state index contributed by atoms with van der Waals surface area (Å²) in [5, 5.41) is 10.6. The fourth-order valence-electron chi connectivity index (χ4n) is 11.0. The second kappa shape index (κ2) is 67.7. The summed E-state index contributed by atoms with van der Waals surface area (Å²) in [5.74, 6) is -1.38. The van der Waals surface area contributed by atoms with Crippen molar-refractivity contribution in [2.45, 2.75) is 387 Å². The second-order valence-corrected chi connectivity index (χ2v) is 29.5. The summed E-state index contributed by atoms with van der Waals surface area (Å²) >= 11 is 0. The average Bonchev–Trinajstić information content (AvgIpc) is 1.30. The number of carbonyl (C=O) groups excluding carboxylic acids is 4. The van der Waals surface area contributed by atoms with Gasteiger partial charge in [-0.3, -0.25) is 37.3 Å². The molecule has 0 spiro atoms. The van der Waals surface area contributed by atoms with Gasteiger partial charge in [0.25, 0.3) is 0 Å². The number of aliphatic hydroxyl groups is 1. The van der Waals surface area contributed by atoms with E-state index in [1.807, 2.05) is 0 Å². The van der Waals surface area contributed by atoms with Crippen molar-refractivity contribution in [1.82, 2.24) is 0 Å². The van der Waals surface area contributed by atoms with Gasteiger partial charge < -0.3 is 33.8 Å². The Morgan fingerprint density at radius 2 is 0.596 bits per heavy atom. The van der Waals surface area contributed by atoms with Crippen LogP contribution in [0.25, 0.3) is 0 Å². The summed E-state index contributed by atoms with van der Waals surface area (Å²) in [5.41, 5.74) is 0. The highest BCUT2D eigenvalue weighted by Crippen LogP contribution is 2.45. The van der Waals surface area contributed by atoms with Gasteiger partial charge in [-0.15, -0.1) is 0 Å². The summed E-state index contributed by atoms with van der Waals surface area (Å²) in [7, 11) is -9.92. The number of allylic oxidation sites excluding steroid dienone is 4. The minimum atomic E-state index is -4.96. The van der Waals surface area contributed by atoms with Crippen LogP contribution in [0.15, 0.2) is 24.3 Å². The zero-order valence-corrected chi connectivity index (χ0v) is 62.4. The number of hydrogen-bond acceptors (Lipinski definition) is 15. The third kappa shape index (κ3) is 66.8. The first-order valence-electron chi connectivity index (χ1n) is 38.5. The molecule has 0 aliphatic heterocycles. The van der Waals surface area contributed by atoms with Crippen LogP contribution < -0.4 is 0 Å². The molecule has 0 aliphatic carbocycles. The van der Waals surface area contributed by atoms with E-state index in [0.717, 1.165) is 115 Å². The quantitative estimate of drug-likeness (QED) is 0.0169. The molecule has 0 rings (SSSR count). The zero-order valence-electron chi connectivity index (χ0n) is 60.6. The molecule has 19 heteroatoms. The highest BCUT2D eigenvalue weighted by atomic mass is 31.2. The maximum Gasteiger partial charge on any atom is 0.472 e. The minimum absolute atomic E-state index is 0.102. The van der Waals surface area contributed by atoms with Gasteiger partial charge in [0.05, 0.1) is 26.4 Å². The van der Waals surface area contributed by atoms with Crippen molar-refractivity contribution in [3.63, 3.8) is 0 Å². The first-order valence-corrected chi connectivity index (χ1v) is 41.5. The van der Waals surface area contributed by atoms with Gasteiger partial charge in [-0.1, -0.05) is 316 Å². The van der Waals surface area contributed by atoms with Crippen LogP contribution in [0.4, 0.5) is 0 Å². The molecule has 0 heterocycles. The van der Waals surface area contributed by atoms with Crippen LogP contribution in [0, 0.1) is 5.92 Å². The number of ether oxygens (including phenoxy) is 4. The molecule has 0 amide bonds. The molecule has 0 radical (unpaired) electrons. The molecule has 94 heavy (non-hydrogen) atoms. The first-order chi connectivity index (χ1) is 45.6. The number of esters is 4. The topological polar surface area (TPSA) is 237 Å². The molecule has 0 aromatic carbocycles. The number of aliphatic hydroxyl groups excluding tert-OH is 1. The van der Waals surface area contributed by atoms with E-state index < -0.39 is 97.5 Å². The Bertz CT molecular complexity index is 1900. The predicted molar refractivity (Wildman–Crippen MR) is 381 cm³/mol. The summed E-state index contributed by atoms with van der Waals surface area (Å²) in [6.45, 7) is 7.20. The van der Waals surface area contributed by atoms with Crippen molar-refractivity contribution in [3.8, 4) is 0 Å². The molecule has 0 aromatic rings. The SMILES string of the molecule is CCCCCC/C=C\C=C/CCCCCCCC(=O)OC[C@H](COP(=O)(O)OC[C@@H](O)COP(=O)(O)OC[C@@H](COC(=O)CCCCCCCCCCC)OC(=O)CCCCCCCCCCC(C)CC)OC(=O)CCCCCCCCCCCCCCCCCCCC. The number of unbranched alkanes of at least 4 members (excludes halogenated alkanes) is 41. The molecule has 6 atom stereocenters. The van der Waals surface area contributed by atoms with Gasteiger partial charge in [0, 0.05) is 25.7 Å². The normalized spacial score (nSPS) is 14.4. The monoisotopic (exact) mass is 1380 g/mol. The summed E-state index contributed by atoms with van der Waals surface area (Å²) in [6.07, 6.45) is 59.0. The van der Waals surface area contributed by atoms with Crippen molar-refractivity contribution in [1.29, 1.82) is 0 Å². The number of rotatable bonds is 73. The smallest absolute Gasteiger partial charge is 0.462 e. The maximum absolute atomic E-state index is 13.1. The Balaban J connectivity index is 5.26. The molecule has 0 aromatic heterocycles. The van der Waals surface area contributed by atoms with Crippen LogP contribution in [0.2, 0.25) is 0 Å². The van der Waals surface area contributed by atoms with Gasteiger partial charge in [0.2, 0.25) is 0 Å². The molecule has 0 aliphatic rings. The number of phosphoric ester groups is 2. The van der Waals surface area contributed by atoms with Gasteiger partial charge in [-0.25, -0.2) is 9.13 Å². The van der Waals surface area contributed by atoms with E-state index in [4.69, 9.17) is 37.0 Å². The van der Waals surface area contributed by atoms with Gasteiger partial charge in [-0.05, 0) is 57.3 Å². The van der Waals surface area contributed by atoms with Crippen molar-refractivity contribution in [2.24, 2.45) is 5.92 Å². The van der Waals surface area contributed by atoms with Crippen molar-refractivity contribution in [2.75, 3.05) is 39.6 Å².